The van der Waals surface area contributed by atoms with Gasteiger partial charge in [-0.15, -0.1) is 0 Å². The van der Waals surface area contributed by atoms with Crippen molar-refractivity contribution in [2.75, 3.05) is 26.2 Å². The zero-order chi connectivity index (χ0) is 10.7. The molecule has 1 aliphatic heterocycles. The molecule has 0 bridgehead atoms. The highest BCUT2D eigenvalue weighted by Gasteiger charge is 2.20. The van der Waals surface area contributed by atoms with Crippen molar-refractivity contribution in [1.82, 2.24) is 15.2 Å². The summed E-state index contributed by atoms with van der Waals surface area (Å²) < 4.78 is 5.22. The van der Waals surface area contributed by atoms with Gasteiger partial charge in [-0.25, -0.2) is 4.98 Å². The number of carbonyl (C=O) groups is 1. The summed E-state index contributed by atoms with van der Waals surface area (Å²) in [5, 5.41) is 3.25. The van der Waals surface area contributed by atoms with Gasteiger partial charge in [-0.2, -0.15) is 0 Å². The zero-order valence-corrected chi connectivity index (χ0v) is 8.82. The average molecular weight is 209 g/mol. The molecular weight excluding hydrogens is 194 g/mol. The molecule has 0 saturated carbocycles. The van der Waals surface area contributed by atoms with Crippen molar-refractivity contribution in [2.24, 2.45) is 0 Å². The van der Waals surface area contributed by atoms with Crippen LogP contribution in [-0.2, 0) is 0 Å². The lowest BCUT2D eigenvalue weighted by Gasteiger charge is -2.17. The summed E-state index contributed by atoms with van der Waals surface area (Å²) in [5.41, 5.74) is 0. The third-order valence-electron chi connectivity index (χ3n) is 2.46. The topological polar surface area (TPSA) is 58.4 Å². The number of rotatable bonds is 1. The van der Waals surface area contributed by atoms with Gasteiger partial charge in [0.15, 0.2) is 5.89 Å². The summed E-state index contributed by atoms with van der Waals surface area (Å²) in [6.45, 7) is 5.07. The highest BCUT2D eigenvalue weighted by molar-refractivity contribution is 5.91. The minimum atomic E-state index is -0.0562. The molecule has 2 rings (SSSR count). The molecular formula is C10H15N3O2. The number of nitrogens with one attached hydrogen (secondary N) is 1. The SMILES string of the molecule is Cc1ncc(C(=O)N2CCCNCC2)o1. The number of carbonyl (C=O) groups excluding carboxylic acids is 1. The van der Waals surface area contributed by atoms with Crippen molar-refractivity contribution in [2.45, 2.75) is 13.3 Å². The molecule has 0 aliphatic carbocycles. The fraction of sp³-hybridized carbons (Fsp3) is 0.600. The van der Waals surface area contributed by atoms with Crippen LogP contribution in [0.4, 0.5) is 0 Å². The number of nitrogens with zero attached hydrogens (tertiary/aromatic N) is 2. The molecule has 5 nitrogen and oxygen atoms in total. The van der Waals surface area contributed by atoms with Crippen molar-refractivity contribution in [3.63, 3.8) is 0 Å². The molecule has 0 spiro atoms. The molecule has 1 N–H and O–H groups in total. The fourth-order valence-corrected chi connectivity index (χ4v) is 1.66. The minimum Gasteiger partial charge on any atom is -0.436 e. The fourth-order valence-electron chi connectivity index (χ4n) is 1.66. The second kappa shape index (κ2) is 4.44. The molecule has 2 heterocycles. The average Bonchev–Trinajstić information content (AvgIpc) is 2.53. The first-order valence-electron chi connectivity index (χ1n) is 5.20. The van der Waals surface area contributed by atoms with E-state index in [1.165, 1.54) is 6.20 Å². The number of oxazole rings is 1. The largest absolute Gasteiger partial charge is 0.436 e. The second-order valence-electron chi connectivity index (χ2n) is 3.64. The van der Waals surface area contributed by atoms with E-state index >= 15 is 0 Å². The number of amides is 1. The van der Waals surface area contributed by atoms with Gasteiger partial charge in [0.05, 0.1) is 6.20 Å². The summed E-state index contributed by atoms with van der Waals surface area (Å²) >= 11 is 0. The third kappa shape index (κ3) is 2.36. The van der Waals surface area contributed by atoms with Crippen LogP contribution in [0.25, 0.3) is 0 Å². The Morgan fingerprint density at radius 1 is 1.53 bits per heavy atom. The summed E-state index contributed by atoms with van der Waals surface area (Å²) in [6, 6.07) is 0. The maximum absolute atomic E-state index is 11.9. The molecule has 82 valence electrons. The number of aryl methyl sites for hydroxylation is 1. The molecule has 1 aliphatic rings. The lowest BCUT2D eigenvalue weighted by atomic mass is 10.3. The van der Waals surface area contributed by atoms with Gasteiger partial charge in [-0.1, -0.05) is 0 Å². The van der Waals surface area contributed by atoms with Crippen molar-refractivity contribution in [3.8, 4) is 0 Å². The number of hydrogen-bond acceptors (Lipinski definition) is 4. The Bertz CT molecular complexity index is 340. The van der Waals surface area contributed by atoms with Crippen molar-refractivity contribution >= 4 is 5.91 Å². The van der Waals surface area contributed by atoms with Crippen LogP contribution in [-0.4, -0.2) is 42.0 Å². The summed E-state index contributed by atoms with van der Waals surface area (Å²) in [6.07, 6.45) is 2.48. The predicted molar refractivity (Wildman–Crippen MR) is 54.6 cm³/mol. The predicted octanol–water partition coefficient (Wildman–Crippen LogP) is 0.419. The zero-order valence-electron chi connectivity index (χ0n) is 8.82. The highest BCUT2D eigenvalue weighted by atomic mass is 16.4. The van der Waals surface area contributed by atoms with Crippen molar-refractivity contribution < 1.29 is 9.21 Å². The summed E-state index contributed by atoms with van der Waals surface area (Å²) in [7, 11) is 0. The molecule has 1 aromatic rings. The Labute approximate surface area is 88.5 Å². The first kappa shape index (κ1) is 10.2. The molecule has 5 heteroatoms. The minimum absolute atomic E-state index is 0.0562. The van der Waals surface area contributed by atoms with E-state index in [0.717, 1.165) is 32.6 Å². The molecule has 0 aromatic carbocycles. The van der Waals surface area contributed by atoms with Gasteiger partial charge in [-0.3, -0.25) is 4.79 Å². The lowest BCUT2D eigenvalue weighted by Crippen LogP contribution is -2.33. The van der Waals surface area contributed by atoms with E-state index in [1.54, 1.807) is 11.8 Å². The van der Waals surface area contributed by atoms with Gasteiger partial charge in [0.1, 0.15) is 0 Å². The standard InChI is InChI=1S/C10H15N3O2/c1-8-12-7-9(15-8)10(14)13-5-2-3-11-4-6-13/h7,11H,2-6H2,1H3. The summed E-state index contributed by atoms with van der Waals surface area (Å²) in [4.78, 5) is 17.7. The van der Waals surface area contributed by atoms with Crippen LogP contribution in [0.2, 0.25) is 0 Å². The normalized spacial score (nSPS) is 17.5. The Kier molecular flexibility index (Phi) is 3.01. The molecule has 1 saturated heterocycles. The van der Waals surface area contributed by atoms with Crippen LogP contribution < -0.4 is 5.32 Å². The van der Waals surface area contributed by atoms with Crippen molar-refractivity contribution in [1.29, 1.82) is 0 Å². The molecule has 1 amide bonds. The van der Waals surface area contributed by atoms with Gasteiger partial charge >= 0.3 is 0 Å². The van der Waals surface area contributed by atoms with E-state index in [4.69, 9.17) is 4.42 Å². The van der Waals surface area contributed by atoms with E-state index in [1.807, 2.05) is 0 Å². The van der Waals surface area contributed by atoms with E-state index in [0.29, 0.717) is 11.7 Å². The highest BCUT2D eigenvalue weighted by Crippen LogP contribution is 2.07. The van der Waals surface area contributed by atoms with Crippen LogP contribution in [0.3, 0.4) is 0 Å². The van der Waals surface area contributed by atoms with E-state index in [2.05, 4.69) is 10.3 Å². The Balaban J connectivity index is 2.06. The van der Waals surface area contributed by atoms with Crippen LogP contribution in [0.15, 0.2) is 10.6 Å². The monoisotopic (exact) mass is 209 g/mol. The number of hydrogen-bond donors (Lipinski definition) is 1. The second-order valence-corrected chi connectivity index (χ2v) is 3.64. The molecule has 0 radical (unpaired) electrons. The maximum Gasteiger partial charge on any atom is 0.291 e. The molecule has 0 atom stereocenters. The van der Waals surface area contributed by atoms with E-state index < -0.39 is 0 Å². The van der Waals surface area contributed by atoms with Gasteiger partial charge in [-0.05, 0) is 13.0 Å². The number of aromatic nitrogens is 1. The molecule has 0 unspecified atom stereocenters. The van der Waals surface area contributed by atoms with Gasteiger partial charge < -0.3 is 14.6 Å². The Morgan fingerprint density at radius 3 is 3.13 bits per heavy atom. The molecule has 15 heavy (non-hydrogen) atoms. The van der Waals surface area contributed by atoms with E-state index in [-0.39, 0.29) is 5.91 Å². The van der Waals surface area contributed by atoms with Crippen molar-refractivity contribution in [3.05, 3.63) is 17.8 Å². The van der Waals surface area contributed by atoms with Crippen LogP contribution >= 0.6 is 0 Å². The Morgan fingerprint density at radius 2 is 2.40 bits per heavy atom. The van der Waals surface area contributed by atoms with Crippen LogP contribution in [0.1, 0.15) is 22.9 Å². The summed E-state index contributed by atoms with van der Waals surface area (Å²) in [5.74, 6) is 0.819. The van der Waals surface area contributed by atoms with E-state index in [9.17, 15) is 4.79 Å². The van der Waals surface area contributed by atoms with Crippen LogP contribution in [0.5, 0.6) is 0 Å². The first-order valence-corrected chi connectivity index (χ1v) is 5.20. The van der Waals surface area contributed by atoms with Gasteiger partial charge in [0.25, 0.3) is 5.91 Å². The first-order chi connectivity index (χ1) is 7.27. The Hall–Kier alpha value is -1.36. The maximum atomic E-state index is 11.9. The smallest absolute Gasteiger partial charge is 0.291 e. The third-order valence-corrected chi connectivity index (χ3v) is 2.46. The van der Waals surface area contributed by atoms with Gasteiger partial charge in [0, 0.05) is 26.6 Å². The lowest BCUT2D eigenvalue weighted by molar-refractivity contribution is 0.0733. The molecule has 1 aromatic heterocycles. The van der Waals surface area contributed by atoms with Crippen LogP contribution in [0, 0.1) is 6.92 Å². The molecule has 1 fully saturated rings. The quantitative estimate of drug-likeness (QED) is 0.728. The van der Waals surface area contributed by atoms with Gasteiger partial charge in [0.2, 0.25) is 5.76 Å².